The molecule has 0 radical (unpaired) electrons. The Hall–Kier alpha value is -4.23. The van der Waals surface area contributed by atoms with Crippen molar-refractivity contribution in [2.75, 3.05) is 72.5 Å². The molecule has 1 aromatic rings. The zero-order chi connectivity index (χ0) is 104. The number of rotatable bonds is 13. The van der Waals surface area contributed by atoms with Crippen LogP contribution in [0.1, 0.15) is 400 Å². The second-order valence-corrected chi connectivity index (χ2v) is 58.7. The van der Waals surface area contributed by atoms with Gasteiger partial charge in [-0.25, -0.2) is 0 Å². The van der Waals surface area contributed by atoms with E-state index in [0.29, 0.717) is 154 Å². The molecule has 0 bridgehead atoms. The van der Waals surface area contributed by atoms with Gasteiger partial charge >= 0.3 is 0 Å². The number of ketones is 3. The number of hydrogen-bond donors (Lipinski definition) is 4. The molecule has 41 atom stereocenters. The van der Waals surface area contributed by atoms with Gasteiger partial charge in [0.15, 0.2) is 0 Å². The predicted molar refractivity (Wildman–Crippen MR) is 594 cm³/mol. The minimum absolute atomic E-state index is 0.0343. The van der Waals surface area contributed by atoms with Gasteiger partial charge in [-0.2, -0.15) is 0 Å². The van der Waals surface area contributed by atoms with Gasteiger partial charge in [0.1, 0.15) is 23.6 Å². The number of carbonyl (C=O) groups is 5. The Morgan fingerprint density at radius 3 is 1.27 bits per heavy atom. The van der Waals surface area contributed by atoms with E-state index in [1.807, 2.05) is 17.2 Å². The minimum Gasteiger partial charge on any atom is -0.369 e. The summed E-state index contributed by atoms with van der Waals surface area (Å²) >= 11 is 0. The average Bonchev–Trinajstić information content (AvgIpc) is 1.56. The summed E-state index contributed by atoms with van der Waals surface area (Å²) in [5, 5.41) is 13.6. The van der Waals surface area contributed by atoms with Gasteiger partial charge in [-0.3, -0.25) is 38.7 Å². The number of hydrogen-bond acceptors (Lipinski definition) is 14. The summed E-state index contributed by atoms with van der Waals surface area (Å²) in [6.45, 7) is 53.7. The maximum absolute atomic E-state index is 13.2. The highest BCUT2D eigenvalue weighted by Gasteiger charge is 2.68. The first kappa shape index (κ1) is 108. The van der Waals surface area contributed by atoms with Crippen LogP contribution in [0, 0.1) is 176 Å². The lowest BCUT2D eigenvalue weighted by molar-refractivity contribution is -0.138. The number of likely N-dealkylation sites (N-methyl/N-ethyl adjacent to an activating group) is 1. The first-order valence-electron chi connectivity index (χ1n) is 63.1. The Morgan fingerprint density at radius 1 is 0.392 bits per heavy atom. The quantitative estimate of drug-likeness (QED) is 0.137. The van der Waals surface area contributed by atoms with Gasteiger partial charge in [-0.05, 0) is 423 Å². The number of fused-ring (bicyclic) bond motifs is 24. The van der Waals surface area contributed by atoms with Crippen LogP contribution in [0.2, 0.25) is 0 Å². The fourth-order valence-electron chi connectivity index (χ4n) is 42.8. The van der Waals surface area contributed by atoms with Crippen molar-refractivity contribution in [2.45, 2.75) is 466 Å². The summed E-state index contributed by atoms with van der Waals surface area (Å²) in [6, 6.07) is 11.9. The summed E-state index contributed by atoms with van der Waals surface area (Å²) in [6.07, 6.45) is 52.0. The Morgan fingerprint density at radius 2 is 0.797 bits per heavy atom. The number of benzene rings is 1. The minimum atomic E-state index is -0.114. The van der Waals surface area contributed by atoms with Crippen LogP contribution in [-0.4, -0.2) is 181 Å². The Kier molecular flexibility index (Phi) is 31.0. The van der Waals surface area contributed by atoms with Gasteiger partial charge in [-0.15, -0.1) is 0 Å². The van der Waals surface area contributed by atoms with Crippen molar-refractivity contribution in [1.29, 1.82) is 0 Å². The summed E-state index contributed by atoms with van der Waals surface area (Å²) in [4.78, 5) is 69.9. The first-order chi connectivity index (χ1) is 70.9. The number of nitrogens with zero attached hydrogens (tertiary/aromatic N) is 3. The number of amides is 2. The van der Waals surface area contributed by atoms with Gasteiger partial charge < -0.3 is 40.2 Å². The van der Waals surface area contributed by atoms with E-state index >= 15 is 0 Å². The van der Waals surface area contributed by atoms with Gasteiger partial charge in [-0.1, -0.05) is 178 Å². The lowest BCUT2D eigenvalue weighted by atomic mass is 9.51. The molecule has 8 saturated heterocycles. The number of carbonyl (C=O) groups excluding carboxylic acids is 5. The molecule has 0 aromatic heterocycles. The molecule has 24 aliphatic rings. The summed E-state index contributed by atoms with van der Waals surface area (Å²) < 4.78 is 28.8. The third-order valence-corrected chi connectivity index (χ3v) is 50.7. The van der Waals surface area contributed by atoms with Crippen molar-refractivity contribution in [2.24, 2.45) is 176 Å². The zero-order valence-electron chi connectivity index (χ0n) is 96.4. The number of Topliss-reactive ketones (excluding diaryl/α,β-unsaturated/α-hetero) is 3. The monoisotopic (exact) mass is 2030 g/mol. The number of likely N-dealkylation sites (tertiary alicyclic amines) is 3. The van der Waals surface area contributed by atoms with Crippen molar-refractivity contribution in [1.82, 2.24) is 36.0 Å². The Labute approximate surface area is 896 Å². The highest BCUT2D eigenvalue weighted by molar-refractivity contribution is 5.81. The van der Waals surface area contributed by atoms with Crippen LogP contribution in [0.15, 0.2) is 74.9 Å². The molecule has 25 rings (SSSR count). The van der Waals surface area contributed by atoms with Crippen LogP contribution in [-0.2, 0) is 49.3 Å². The van der Waals surface area contributed by atoms with Crippen LogP contribution in [0.5, 0.6) is 0 Å². The molecule has 1 aromatic carbocycles. The second-order valence-electron chi connectivity index (χ2n) is 58.7. The normalized spacial score (nSPS) is 48.2. The van der Waals surface area contributed by atoms with Crippen LogP contribution >= 0.6 is 0 Å². The maximum atomic E-state index is 13.2. The van der Waals surface area contributed by atoms with Crippen molar-refractivity contribution in [3.63, 3.8) is 0 Å². The predicted octanol–water partition coefficient (Wildman–Crippen LogP) is 25.6. The van der Waals surface area contributed by atoms with Crippen LogP contribution in [0.3, 0.4) is 0 Å². The molecule has 20 fully saturated rings. The number of allylic oxidation sites excluding steroid dienone is 4. The third-order valence-electron chi connectivity index (χ3n) is 50.7. The van der Waals surface area contributed by atoms with E-state index in [4.69, 9.17) is 18.9 Å². The number of piperidine rings is 4. The SMILES string of the molecule is CC1=C2C[C@H]3[C@@H](CC[C@@H]4CC(=O)CC[C@@]43C)[C@@H]2CCC2(C1)O[C@@H]1C[C@H](C)CN(CC(=O)NCCc3ccccc3)[C@H]1[C@H]2C.CC1=C2C[C@H]3[C@@H](CC[C@@H]4C[C@@H](C)CC[C@@]43C)[C@@H]2CCC2(C1)O[C@@H]1C[C@H](C)CN[C@H]1[C@H]2C.CCCC(=O)NCCN1C[C@@H](C)C[C@H]2[C@@H](C)C3(CC[C@@H]4C(=C(C)C3)C[C@H]3[C@H]4CC[C@@H]4CC(=O)CC[C@@]43C)O[C@@H]21.CNCCN1C[C@@H](C)C[C@H]2OC3(CC[C@@H]4C(=C(C)C3)C[C@H]3[C@H]4CC[C@@H]4CC(=O)CC[C@@]43C)[C@H](C)[C@@H]21. The average molecular weight is 2030 g/mol. The molecule has 4 unspecified atom stereocenters. The highest BCUT2D eigenvalue weighted by atomic mass is 16.5. The molecule has 2 amide bonds. The molecule has 148 heavy (non-hydrogen) atoms. The second kappa shape index (κ2) is 42.5. The number of nitrogens with one attached hydrogen (secondary N) is 4. The lowest BCUT2D eigenvalue weighted by Crippen LogP contribution is -2.54. The maximum Gasteiger partial charge on any atom is 0.234 e. The largest absolute Gasteiger partial charge is 0.369 e. The van der Waals surface area contributed by atoms with E-state index in [0.717, 1.165) is 231 Å². The van der Waals surface area contributed by atoms with Crippen LogP contribution < -0.4 is 21.3 Å². The molecular weight excluding hydrogens is 1830 g/mol. The fraction of sp³-hybridized carbons (Fsp3) is 0.856. The van der Waals surface area contributed by atoms with E-state index in [9.17, 15) is 24.0 Å². The molecule has 16 nitrogen and oxygen atoms in total. The molecule has 8 heterocycles. The molecule has 16 aliphatic carbocycles. The van der Waals surface area contributed by atoms with Gasteiger partial charge in [0.2, 0.25) is 11.8 Å². The van der Waals surface area contributed by atoms with E-state index in [-0.39, 0.29) is 46.6 Å². The van der Waals surface area contributed by atoms with E-state index < -0.39 is 0 Å². The topological polar surface area (TPSA) is 180 Å². The smallest absolute Gasteiger partial charge is 0.234 e. The van der Waals surface area contributed by atoms with E-state index in [1.165, 1.54) is 186 Å². The van der Waals surface area contributed by atoms with Crippen LogP contribution in [0.25, 0.3) is 0 Å². The van der Waals surface area contributed by atoms with Crippen molar-refractivity contribution in [3.05, 3.63) is 80.5 Å². The molecule has 4 spiro atoms. The molecule has 4 N–H and O–H groups in total. The van der Waals surface area contributed by atoms with Gasteiger partial charge in [0.25, 0.3) is 0 Å². The van der Waals surface area contributed by atoms with E-state index in [2.05, 4.69) is 192 Å². The zero-order valence-corrected chi connectivity index (χ0v) is 96.4. The fourth-order valence-corrected chi connectivity index (χ4v) is 42.8. The molecular formula is C132H205N7O9. The van der Waals surface area contributed by atoms with E-state index in [1.54, 1.807) is 33.4 Å². The highest BCUT2D eigenvalue weighted by Crippen LogP contribution is 2.72. The van der Waals surface area contributed by atoms with Crippen molar-refractivity contribution < 1.29 is 42.9 Å². The van der Waals surface area contributed by atoms with Gasteiger partial charge in [0, 0.05) is 139 Å². The molecule has 12 saturated carbocycles. The summed E-state index contributed by atoms with van der Waals surface area (Å²) in [5.41, 5.74) is 16.9. The Balaban J connectivity index is 0.000000113. The van der Waals surface area contributed by atoms with Crippen molar-refractivity contribution >= 4 is 29.2 Å². The molecule has 16 heteroatoms. The Bertz CT molecular complexity index is 5130. The van der Waals surface area contributed by atoms with Crippen molar-refractivity contribution in [3.8, 4) is 0 Å². The molecule has 822 valence electrons. The lowest BCUT2D eigenvalue weighted by Gasteiger charge is -2.54. The van der Waals surface area contributed by atoms with Crippen LogP contribution in [0.4, 0.5) is 0 Å². The third kappa shape index (κ3) is 19.5. The molecule has 8 aliphatic heterocycles. The summed E-state index contributed by atoms with van der Waals surface area (Å²) in [5.74, 6) is 20.9. The summed E-state index contributed by atoms with van der Waals surface area (Å²) in [7, 11) is 2.08. The van der Waals surface area contributed by atoms with Gasteiger partial charge in [0.05, 0.1) is 47.3 Å². The first-order valence-corrected chi connectivity index (χ1v) is 63.1. The number of ether oxygens (including phenoxy) is 4. The standard InChI is InChI=1S/C38H54N2O3.C34H54N2O3.C31H50N2O2.C29H47NO/c1-24-18-34-36(40(22-24)23-35(42)39-17-14-27-8-6-5-7-9-27)26(3)38(43-34)16-13-30-31-11-10-28-19-29(41)12-15-37(28,4)33(31)20-32(30)25(2)21-38;1-6-7-31(38)35-14-15-36-20-21(2)16-29-23(4)34(39-32(29)36)13-11-26-27-9-8-24-17-25(37)10-12-33(24,5)30(27)18-28(26)22(3)19-34;1-19-14-28-29(33(18-19)13-12-32-5)21(3)31(35-28)11-9-24-25-7-6-22-15-23(34)8-10-30(22,4)27(25)16-26(24)20(2)17-31;1-17-8-10-28(5)21(12-17)6-7-23-22-9-11-29(15-19(3)24(22)14-25(23)28)20(4)27-26(31-29)13-18(2)16-30-27/h5-9,24,26,28,30-31,33-34,36H,10-23H2,1-4H3,(H,39,42);21,23-24,26-27,29-30,32H,6-20H2,1-5H3,(H,35,38);19,21-22,24-25,27-29,32H,6-18H2,1-5H3;17-18,20-23,25-27,30H,6-16H2,1-5H3/t24-,26+,28+,30-,31-,33-,34+,36-,37-,38?;21-,23+,24+,26-,27-,29-,30-,32-,33-,34?;19-,21+,22+,24-,25-,27-,28+,29-,30-,31?;17-,18-,20+,21+,22-,23-,25-,26+,27-,28-,29?/m0000/s1.